The highest BCUT2D eigenvalue weighted by Crippen LogP contribution is 2.39. The second-order valence-electron chi connectivity index (χ2n) is 6.52. The summed E-state index contributed by atoms with van der Waals surface area (Å²) in [4.78, 5) is 19.2. The van der Waals surface area contributed by atoms with Gasteiger partial charge in [0.05, 0.1) is 6.04 Å². The molecular formula is C16H21N5O2. The Kier molecular flexibility index (Phi) is 3.63. The standard InChI is InChI=1S/C16H21N5O2/c1-10-17-15(20-23-10)14-5-3-2-4-8-21(14)16(22)13-9-12(18-19-13)11-6-7-11/h9,11,14H,2-8H2,1H3,(H,18,19)/t14-/m1/s1. The average Bonchev–Trinajstić information content (AvgIpc) is 3.21. The number of carbonyl (C=O) groups is 1. The van der Waals surface area contributed by atoms with E-state index in [4.69, 9.17) is 4.52 Å². The number of nitrogens with zero attached hydrogens (tertiary/aromatic N) is 4. The largest absolute Gasteiger partial charge is 0.340 e. The van der Waals surface area contributed by atoms with E-state index in [2.05, 4.69) is 20.3 Å². The SMILES string of the molecule is Cc1nc([C@H]2CCCCCN2C(=O)c2cc(C3CC3)[nH]n2)no1. The van der Waals surface area contributed by atoms with E-state index < -0.39 is 0 Å². The van der Waals surface area contributed by atoms with Crippen molar-refractivity contribution in [2.24, 2.45) is 0 Å². The number of hydrogen-bond donors (Lipinski definition) is 1. The first-order chi connectivity index (χ1) is 11.2. The number of aromatic nitrogens is 4. The zero-order valence-corrected chi connectivity index (χ0v) is 13.3. The second kappa shape index (κ2) is 5.79. The number of hydrogen-bond acceptors (Lipinski definition) is 5. The summed E-state index contributed by atoms with van der Waals surface area (Å²) in [6.07, 6.45) is 6.42. The Bertz CT molecular complexity index is 703. The molecule has 1 atom stereocenters. The summed E-state index contributed by atoms with van der Waals surface area (Å²) in [5.41, 5.74) is 1.58. The molecule has 7 heteroatoms. The van der Waals surface area contributed by atoms with E-state index in [1.54, 1.807) is 6.92 Å². The third kappa shape index (κ3) is 2.87. The van der Waals surface area contributed by atoms with Gasteiger partial charge in [0, 0.05) is 25.1 Å². The van der Waals surface area contributed by atoms with Crippen molar-refractivity contribution in [1.29, 1.82) is 0 Å². The minimum atomic E-state index is -0.122. The molecule has 2 aromatic rings. The van der Waals surface area contributed by atoms with Gasteiger partial charge in [-0.05, 0) is 31.7 Å². The van der Waals surface area contributed by atoms with Gasteiger partial charge in [0.2, 0.25) is 5.89 Å². The van der Waals surface area contributed by atoms with Crippen LogP contribution in [0.2, 0.25) is 0 Å². The van der Waals surface area contributed by atoms with Gasteiger partial charge in [-0.15, -0.1) is 0 Å². The summed E-state index contributed by atoms with van der Waals surface area (Å²) >= 11 is 0. The third-order valence-corrected chi connectivity index (χ3v) is 4.69. The minimum absolute atomic E-state index is 0.0393. The van der Waals surface area contributed by atoms with Crippen LogP contribution in [0.5, 0.6) is 0 Å². The van der Waals surface area contributed by atoms with Gasteiger partial charge in [-0.25, -0.2) is 0 Å². The molecule has 0 spiro atoms. The topological polar surface area (TPSA) is 87.9 Å². The van der Waals surface area contributed by atoms with Crippen LogP contribution >= 0.6 is 0 Å². The smallest absolute Gasteiger partial charge is 0.274 e. The fourth-order valence-electron chi connectivity index (χ4n) is 3.27. The summed E-state index contributed by atoms with van der Waals surface area (Å²) in [6.45, 7) is 2.48. The Balaban J connectivity index is 1.60. The molecule has 122 valence electrons. The summed E-state index contributed by atoms with van der Waals surface area (Å²) < 4.78 is 5.12. The molecule has 23 heavy (non-hydrogen) atoms. The molecule has 4 rings (SSSR count). The molecule has 3 heterocycles. The van der Waals surface area contributed by atoms with E-state index in [1.807, 2.05) is 11.0 Å². The predicted molar refractivity (Wildman–Crippen MR) is 81.8 cm³/mol. The zero-order chi connectivity index (χ0) is 15.8. The summed E-state index contributed by atoms with van der Waals surface area (Å²) in [5, 5.41) is 11.3. The highest BCUT2D eigenvalue weighted by atomic mass is 16.5. The number of H-pyrrole nitrogens is 1. The van der Waals surface area contributed by atoms with Gasteiger partial charge in [-0.3, -0.25) is 9.89 Å². The van der Waals surface area contributed by atoms with Crippen LogP contribution in [0.3, 0.4) is 0 Å². The first kappa shape index (κ1) is 14.4. The number of aryl methyl sites for hydroxylation is 1. The first-order valence-corrected chi connectivity index (χ1v) is 8.39. The van der Waals surface area contributed by atoms with Crippen molar-refractivity contribution in [2.75, 3.05) is 6.54 Å². The Labute approximate surface area is 134 Å². The summed E-state index contributed by atoms with van der Waals surface area (Å²) in [7, 11) is 0. The average molecular weight is 315 g/mol. The molecule has 1 saturated heterocycles. The fraction of sp³-hybridized carbons (Fsp3) is 0.625. The van der Waals surface area contributed by atoms with Gasteiger partial charge in [-0.1, -0.05) is 18.0 Å². The van der Waals surface area contributed by atoms with Crippen molar-refractivity contribution < 1.29 is 9.32 Å². The van der Waals surface area contributed by atoms with Gasteiger partial charge in [-0.2, -0.15) is 10.1 Å². The molecule has 0 unspecified atom stereocenters. The van der Waals surface area contributed by atoms with Crippen LogP contribution in [0.1, 0.15) is 78.4 Å². The molecule has 0 aromatic carbocycles. The second-order valence-corrected chi connectivity index (χ2v) is 6.52. The number of likely N-dealkylation sites (tertiary alicyclic amines) is 1. The number of aromatic amines is 1. The fourth-order valence-corrected chi connectivity index (χ4v) is 3.27. The highest BCUT2D eigenvalue weighted by molar-refractivity contribution is 5.92. The molecule has 1 amide bonds. The van der Waals surface area contributed by atoms with E-state index in [9.17, 15) is 4.79 Å². The molecule has 1 saturated carbocycles. The zero-order valence-electron chi connectivity index (χ0n) is 13.3. The molecular weight excluding hydrogens is 294 g/mol. The number of nitrogens with one attached hydrogen (secondary N) is 1. The monoisotopic (exact) mass is 315 g/mol. The Morgan fingerprint density at radius 3 is 2.91 bits per heavy atom. The molecule has 1 N–H and O–H groups in total. The van der Waals surface area contributed by atoms with Gasteiger partial charge in [0.1, 0.15) is 5.69 Å². The van der Waals surface area contributed by atoms with Gasteiger partial charge in [0.25, 0.3) is 5.91 Å². The molecule has 0 bridgehead atoms. The van der Waals surface area contributed by atoms with Crippen molar-refractivity contribution in [3.05, 3.63) is 29.2 Å². The van der Waals surface area contributed by atoms with E-state index in [-0.39, 0.29) is 11.9 Å². The lowest BCUT2D eigenvalue weighted by molar-refractivity contribution is 0.0664. The number of rotatable bonds is 3. The maximum atomic E-state index is 13.0. The minimum Gasteiger partial charge on any atom is -0.340 e. The first-order valence-electron chi connectivity index (χ1n) is 8.39. The van der Waals surface area contributed by atoms with E-state index in [0.29, 0.717) is 29.9 Å². The van der Waals surface area contributed by atoms with Crippen LogP contribution in [-0.2, 0) is 0 Å². The Morgan fingerprint density at radius 1 is 1.30 bits per heavy atom. The summed E-state index contributed by atoms with van der Waals surface area (Å²) in [6, 6.07) is 1.78. The Hall–Kier alpha value is -2.18. The normalized spacial score (nSPS) is 22.1. The van der Waals surface area contributed by atoms with Crippen molar-refractivity contribution in [2.45, 2.75) is 57.4 Å². The van der Waals surface area contributed by atoms with Crippen LogP contribution in [0.15, 0.2) is 10.6 Å². The third-order valence-electron chi connectivity index (χ3n) is 4.69. The van der Waals surface area contributed by atoms with Gasteiger partial charge >= 0.3 is 0 Å². The lowest BCUT2D eigenvalue weighted by Crippen LogP contribution is -2.35. The van der Waals surface area contributed by atoms with Gasteiger partial charge < -0.3 is 9.42 Å². The van der Waals surface area contributed by atoms with E-state index in [1.165, 1.54) is 12.8 Å². The van der Waals surface area contributed by atoms with Crippen LogP contribution < -0.4 is 0 Å². The summed E-state index contributed by atoms with van der Waals surface area (Å²) in [5.74, 6) is 1.66. The number of amides is 1. The van der Waals surface area contributed by atoms with Crippen LogP contribution in [0.25, 0.3) is 0 Å². The molecule has 2 aromatic heterocycles. The number of carbonyl (C=O) groups excluding carboxylic acids is 1. The van der Waals surface area contributed by atoms with Crippen LogP contribution in [0, 0.1) is 6.92 Å². The Morgan fingerprint density at radius 2 is 2.17 bits per heavy atom. The maximum absolute atomic E-state index is 13.0. The van der Waals surface area contributed by atoms with Crippen molar-refractivity contribution in [1.82, 2.24) is 25.2 Å². The maximum Gasteiger partial charge on any atom is 0.274 e. The van der Waals surface area contributed by atoms with Crippen LogP contribution in [-0.4, -0.2) is 37.7 Å². The lowest BCUT2D eigenvalue weighted by Gasteiger charge is -2.27. The lowest BCUT2D eigenvalue weighted by atomic mass is 10.1. The van der Waals surface area contributed by atoms with Crippen LogP contribution in [0.4, 0.5) is 0 Å². The molecule has 0 radical (unpaired) electrons. The highest BCUT2D eigenvalue weighted by Gasteiger charge is 2.33. The van der Waals surface area contributed by atoms with Crippen molar-refractivity contribution >= 4 is 5.91 Å². The van der Waals surface area contributed by atoms with E-state index in [0.717, 1.165) is 31.4 Å². The predicted octanol–water partition coefficient (Wildman–Crippen LogP) is 2.74. The van der Waals surface area contributed by atoms with Crippen molar-refractivity contribution in [3.8, 4) is 0 Å². The molecule has 2 fully saturated rings. The molecule has 1 aliphatic heterocycles. The van der Waals surface area contributed by atoms with E-state index >= 15 is 0 Å². The molecule has 1 aliphatic carbocycles. The van der Waals surface area contributed by atoms with Crippen molar-refractivity contribution in [3.63, 3.8) is 0 Å². The molecule has 2 aliphatic rings. The van der Waals surface area contributed by atoms with Gasteiger partial charge in [0.15, 0.2) is 5.82 Å². The molecule has 7 nitrogen and oxygen atoms in total. The quantitative estimate of drug-likeness (QED) is 0.941.